The van der Waals surface area contributed by atoms with Crippen molar-refractivity contribution < 1.29 is 14.2 Å². The molecule has 1 aromatic carbocycles. The summed E-state index contributed by atoms with van der Waals surface area (Å²) in [6.07, 6.45) is 3.65. The van der Waals surface area contributed by atoms with Crippen molar-refractivity contribution >= 4 is 17.2 Å². The predicted octanol–water partition coefficient (Wildman–Crippen LogP) is 2.34. The zero-order valence-electron chi connectivity index (χ0n) is 17.4. The van der Waals surface area contributed by atoms with Crippen LogP contribution in [-0.2, 0) is 4.74 Å². The molecule has 0 aliphatic carbocycles. The first-order chi connectivity index (χ1) is 14.6. The topological polar surface area (TPSA) is 87.1 Å². The highest BCUT2D eigenvalue weighted by Gasteiger charge is 2.28. The molecular weight excluding hydrogens is 382 g/mol. The number of nitrogens with zero attached hydrogens (tertiary/aromatic N) is 4. The number of fused-ring (bicyclic) bond motifs is 1. The Morgan fingerprint density at radius 3 is 2.57 bits per heavy atom. The van der Waals surface area contributed by atoms with E-state index in [0.717, 1.165) is 36.3 Å². The van der Waals surface area contributed by atoms with Gasteiger partial charge in [-0.3, -0.25) is 0 Å². The van der Waals surface area contributed by atoms with Crippen molar-refractivity contribution in [2.75, 3.05) is 45.1 Å². The van der Waals surface area contributed by atoms with E-state index in [9.17, 15) is 0 Å². The van der Waals surface area contributed by atoms with Crippen molar-refractivity contribution in [1.82, 2.24) is 14.6 Å². The van der Waals surface area contributed by atoms with Crippen LogP contribution in [0, 0.1) is 11.8 Å². The minimum atomic E-state index is 0.299. The van der Waals surface area contributed by atoms with Gasteiger partial charge in [0, 0.05) is 25.3 Å². The Balaban J connectivity index is 1.79. The number of hydrogen-bond donors (Lipinski definition) is 1. The molecule has 0 spiro atoms. The SMILES string of the molecule is COC[C@H]1CCCN1c1cc(C#Cc2cc(OC)cc(OC)c2)c2c(N)ncnn12. The molecule has 2 aromatic heterocycles. The zero-order chi connectivity index (χ0) is 21.1. The van der Waals surface area contributed by atoms with Crippen LogP contribution >= 0.6 is 0 Å². The molecule has 1 aliphatic heterocycles. The van der Waals surface area contributed by atoms with Gasteiger partial charge in [0.05, 0.1) is 32.4 Å². The summed E-state index contributed by atoms with van der Waals surface area (Å²) in [6, 6.07) is 7.87. The Hall–Kier alpha value is -3.44. The van der Waals surface area contributed by atoms with Crippen molar-refractivity contribution in [2.45, 2.75) is 18.9 Å². The summed E-state index contributed by atoms with van der Waals surface area (Å²) >= 11 is 0. The van der Waals surface area contributed by atoms with Gasteiger partial charge >= 0.3 is 0 Å². The second-order valence-electron chi connectivity index (χ2n) is 7.12. The first-order valence-electron chi connectivity index (χ1n) is 9.77. The quantitative estimate of drug-likeness (QED) is 0.650. The third-order valence-corrected chi connectivity index (χ3v) is 5.29. The van der Waals surface area contributed by atoms with E-state index < -0.39 is 0 Å². The van der Waals surface area contributed by atoms with Crippen LogP contribution in [0.1, 0.15) is 24.0 Å². The predicted molar refractivity (Wildman–Crippen MR) is 115 cm³/mol. The summed E-state index contributed by atoms with van der Waals surface area (Å²) in [5.74, 6) is 9.14. The molecule has 2 N–H and O–H groups in total. The molecule has 0 bridgehead atoms. The molecule has 3 heterocycles. The van der Waals surface area contributed by atoms with E-state index in [1.807, 2.05) is 28.8 Å². The van der Waals surface area contributed by atoms with Crippen LogP contribution in [0.5, 0.6) is 11.5 Å². The molecule has 1 aliphatic rings. The highest BCUT2D eigenvalue weighted by molar-refractivity contribution is 5.79. The third-order valence-electron chi connectivity index (χ3n) is 5.29. The lowest BCUT2D eigenvalue weighted by atomic mass is 10.2. The molecule has 0 unspecified atom stereocenters. The van der Waals surface area contributed by atoms with Crippen LogP contribution in [-0.4, -0.2) is 55.1 Å². The molecular formula is C22H25N5O3. The van der Waals surface area contributed by atoms with Crippen LogP contribution in [0.2, 0.25) is 0 Å². The molecule has 4 rings (SSSR count). The molecule has 8 heteroatoms. The van der Waals surface area contributed by atoms with Gasteiger partial charge in [0.1, 0.15) is 29.2 Å². The fourth-order valence-electron chi connectivity index (χ4n) is 3.87. The van der Waals surface area contributed by atoms with Crippen molar-refractivity contribution in [3.8, 4) is 23.3 Å². The number of benzene rings is 1. The van der Waals surface area contributed by atoms with E-state index >= 15 is 0 Å². The Morgan fingerprint density at radius 2 is 1.87 bits per heavy atom. The maximum absolute atomic E-state index is 6.20. The summed E-state index contributed by atoms with van der Waals surface area (Å²) in [5, 5.41) is 4.45. The normalized spacial score (nSPS) is 15.8. The Morgan fingerprint density at radius 1 is 1.10 bits per heavy atom. The minimum Gasteiger partial charge on any atom is -0.497 e. The van der Waals surface area contributed by atoms with Gasteiger partial charge in [-0.15, -0.1) is 0 Å². The third kappa shape index (κ3) is 3.72. The number of methoxy groups -OCH3 is 3. The monoisotopic (exact) mass is 407 g/mol. The first kappa shape index (κ1) is 19.9. The van der Waals surface area contributed by atoms with E-state index in [1.54, 1.807) is 21.3 Å². The number of nitrogens with two attached hydrogens (primary N) is 1. The first-order valence-corrected chi connectivity index (χ1v) is 9.77. The summed E-state index contributed by atoms with van der Waals surface area (Å²) in [6.45, 7) is 1.60. The van der Waals surface area contributed by atoms with Crippen molar-refractivity contribution in [2.24, 2.45) is 0 Å². The number of ether oxygens (including phenoxy) is 3. The Labute approximate surface area is 175 Å². The lowest BCUT2D eigenvalue weighted by Crippen LogP contribution is -2.33. The lowest BCUT2D eigenvalue weighted by molar-refractivity contribution is 0.180. The smallest absolute Gasteiger partial charge is 0.152 e. The summed E-state index contributed by atoms with van der Waals surface area (Å²) in [5.41, 5.74) is 8.46. The van der Waals surface area contributed by atoms with Crippen LogP contribution in [0.15, 0.2) is 30.6 Å². The van der Waals surface area contributed by atoms with Gasteiger partial charge in [0.2, 0.25) is 0 Å². The number of anilines is 2. The summed E-state index contributed by atoms with van der Waals surface area (Å²) < 4.78 is 17.9. The van der Waals surface area contributed by atoms with Crippen LogP contribution in [0.4, 0.5) is 11.6 Å². The largest absolute Gasteiger partial charge is 0.497 e. The van der Waals surface area contributed by atoms with Crippen LogP contribution in [0.3, 0.4) is 0 Å². The molecule has 1 atom stereocenters. The molecule has 1 fully saturated rings. The van der Waals surface area contributed by atoms with Gasteiger partial charge in [0.15, 0.2) is 5.82 Å². The fraction of sp³-hybridized carbons (Fsp3) is 0.364. The van der Waals surface area contributed by atoms with Crippen molar-refractivity contribution in [3.05, 3.63) is 41.7 Å². The number of nitrogen functional groups attached to an aromatic ring is 1. The molecule has 0 amide bonds. The maximum Gasteiger partial charge on any atom is 0.152 e. The molecule has 156 valence electrons. The van der Waals surface area contributed by atoms with E-state index in [4.69, 9.17) is 19.9 Å². The van der Waals surface area contributed by atoms with E-state index in [0.29, 0.717) is 35.5 Å². The van der Waals surface area contributed by atoms with Gasteiger partial charge in [0.25, 0.3) is 0 Å². The van der Waals surface area contributed by atoms with E-state index in [2.05, 4.69) is 26.8 Å². The number of hydrogen-bond acceptors (Lipinski definition) is 7. The Bertz CT molecular complexity index is 1090. The van der Waals surface area contributed by atoms with E-state index in [-0.39, 0.29) is 0 Å². The summed E-state index contributed by atoms with van der Waals surface area (Å²) in [7, 11) is 4.96. The molecule has 0 saturated carbocycles. The van der Waals surface area contributed by atoms with Gasteiger partial charge in [-0.1, -0.05) is 11.8 Å². The highest BCUT2D eigenvalue weighted by atomic mass is 16.5. The fourth-order valence-corrected chi connectivity index (χ4v) is 3.87. The Kier molecular flexibility index (Phi) is 5.63. The standard InChI is InChI=1S/C22H25N5O3/c1-28-13-17-5-4-8-26(17)20-11-16(21-22(23)24-14-25-27(20)21)7-6-15-9-18(29-2)12-19(10-15)30-3/h9-12,14,17H,4-5,8,13H2,1-3H3,(H2,23,24,25)/t17-/m1/s1. The lowest BCUT2D eigenvalue weighted by Gasteiger charge is -2.25. The number of rotatable bonds is 5. The van der Waals surface area contributed by atoms with Gasteiger partial charge in [-0.05, 0) is 31.0 Å². The highest BCUT2D eigenvalue weighted by Crippen LogP contribution is 2.31. The minimum absolute atomic E-state index is 0.299. The second-order valence-corrected chi connectivity index (χ2v) is 7.12. The van der Waals surface area contributed by atoms with Crippen molar-refractivity contribution in [3.63, 3.8) is 0 Å². The molecule has 30 heavy (non-hydrogen) atoms. The van der Waals surface area contributed by atoms with Gasteiger partial charge < -0.3 is 24.8 Å². The van der Waals surface area contributed by atoms with Crippen LogP contribution in [0.25, 0.3) is 5.52 Å². The molecule has 0 radical (unpaired) electrons. The molecule has 8 nitrogen and oxygen atoms in total. The zero-order valence-corrected chi connectivity index (χ0v) is 17.4. The van der Waals surface area contributed by atoms with Gasteiger partial charge in [-0.2, -0.15) is 5.10 Å². The van der Waals surface area contributed by atoms with E-state index in [1.165, 1.54) is 6.33 Å². The van der Waals surface area contributed by atoms with Crippen LogP contribution < -0.4 is 20.1 Å². The van der Waals surface area contributed by atoms with Crippen molar-refractivity contribution in [1.29, 1.82) is 0 Å². The summed E-state index contributed by atoms with van der Waals surface area (Å²) in [4.78, 5) is 6.48. The molecule has 1 saturated heterocycles. The maximum atomic E-state index is 6.20. The average Bonchev–Trinajstić information content (AvgIpc) is 3.37. The molecule has 3 aromatic rings. The van der Waals surface area contributed by atoms with Gasteiger partial charge in [-0.25, -0.2) is 9.50 Å². The second kappa shape index (κ2) is 8.51. The number of aromatic nitrogens is 3. The average molecular weight is 407 g/mol.